The maximum absolute atomic E-state index is 13.3. The van der Waals surface area contributed by atoms with Gasteiger partial charge in [-0.15, -0.1) is 0 Å². The quantitative estimate of drug-likeness (QED) is 0.704. The summed E-state index contributed by atoms with van der Waals surface area (Å²) in [6, 6.07) is 9.66. The Labute approximate surface area is 201 Å². The maximum atomic E-state index is 13.3. The van der Waals surface area contributed by atoms with Gasteiger partial charge in [-0.25, -0.2) is 4.79 Å². The van der Waals surface area contributed by atoms with Crippen molar-refractivity contribution < 1.29 is 9.59 Å². The fourth-order valence-electron chi connectivity index (χ4n) is 4.26. The van der Waals surface area contributed by atoms with Gasteiger partial charge in [0.25, 0.3) is 5.91 Å². The maximum Gasteiger partial charge on any atom is 0.345 e. The number of hydrogen-bond acceptors (Lipinski definition) is 5. The average molecular weight is 468 g/mol. The number of benzene rings is 1. The molecular weight excluding hydrogens is 430 g/mol. The van der Waals surface area contributed by atoms with E-state index < -0.39 is 5.69 Å². The Kier molecular flexibility index (Phi) is 8.98. The Bertz CT molecular complexity index is 1050. The van der Waals surface area contributed by atoms with E-state index in [4.69, 9.17) is 0 Å². The van der Waals surface area contributed by atoms with Gasteiger partial charge in [0.15, 0.2) is 0 Å². The van der Waals surface area contributed by atoms with Crippen molar-refractivity contribution in [3.05, 3.63) is 57.8 Å². The van der Waals surface area contributed by atoms with Crippen molar-refractivity contribution in [3.63, 3.8) is 0 Å². The molecule has 34 heavy (non-hydrogen) atoms. The number of anilines is 1. The van der Waals surface area contributed by atoms with Gasteiger partial charge in [-0.2, -0.15) is 4.98 Å². The van der Waals surface area contributed by atoms with Crippen molar-refractivity contribution in [2.24, 2.45) is 11.8 Å². The molecular formula is C26H37N5O3. The zero-order chi connectivity index (χ0) is 24.7. The van der Waals surface area contributed by atoms with Crippen molar-refractivity contribution in [3.8, 4) is 0 Å². The normalized spacial score (nSPS) is 15.2. The smallest absolute Gasteiger partial charge is 0.336 e. The van der Waals surface area contributed by atoms with Crippen LogP contribution in [0, 0.1) is 11.8 Å². The van der Waals surface area contributed by atoms with Gasteiger partial charge in [-0.3, -0.25) is 9.59 Å². The van der Waals surface area contributed by atoms with Gasteiger partial charge in [0, 0.05) is 50.5 Å². The number of carbonyl (C=O) groups is 2. The predicted molar refractivity (Wildman–Crippen MR) is 134 cm³/mol. The van der Waals surface area contributed by atoms with Crippen LogP contribution in [0.2, 0.25) is 0 Å². The molecule has 2 amide bonds. The summed E-state index contributed by atoms with van der Waals surface area (Å²) in [5.74, 6) is 0.444. The molecule has 8 heteroatoms. The van der Waals surface area contributed by atoms with E-state index in [0.29, 0.717) is 57.9 Å². The summed E-state index contributed by atoms with van der Waals surface area (Å²) in [6.45, 7) is 10.9. The molecule has 3 rings (SSSR count). The Morgan fingerprint density at radius 3 is 2.56 bits per heavy atom. The molecule has 0 bridgehead atoms. The molecule has 0 atom stereocenters. The van der Waals surface area contributed by atoms with Crippen LogP contribution in [0.5, 0.6) is 0 Å². The topological polar surface area (TPSA) is 98.4 Å². The third-order valence-corrected chi connectivity index (χ3v) is 5.78. The number of nitrogens with one attached hydrogen (secondary N) is 2. The van der Waals surface area contributed by atoms with Crippen LogP contribution in [0.25, 0.3) is 0 Å². The van der Waals surface area contributed by atoms with Gasteiger partial charge < -0.3 is 20.1 Å². The molecule has 2 heterocycles. The van der Waals surface area contributed by atoms with Gasteiger partial charge in [-0.1, -0.05) is 45.9 Å². The molecule has 0 fully saturated rings. The molecule has 1 aliphatic rings. The summed E-state index contributed by atoms with van der Waals surface area (Å²) in [7, 11) is 0. The number of carbonyl (C=O) groups excluding carboxylic acids is 2. The number of fused-ring (bicyclic) bond motifs is 1. The van der Waals surface area contributed by atoms with Crippen LogP contribution in [0.3, 0.4) is 0 Å². The Morgan fingerprint density at radius 2 is 1.82 bits per heavy atom. The molecule has 1 aromatic heterocycles. The van der Waals surface area contributed by atoms with Gasteiger partial charge in [0.05, 0.1) is 0 Å². The van der Waals surface area contributed by atoms with Gasteiger partial charge in [-0.05, 0) is 42.4 Å². The number of para-hydroxylation sites is 1. The van der Waals surface area contributed by atoms with Crippen LogP contribution in [-0.2, 0) is 17.8 Å². The molecule has 1 aliphatic heterocycles. The van der Waals surface area contributed by atoms with E-state index in [1.54, 1.807) is 11.0 Å². The summed E-state index contributed by atoms with van der Waals surface area (Å²) in [6.07, 6.45) is 1.77. The van der Waals surface area contributed by atoms with Crippen molar-refractivity contribution in [2.75, 3.05) is 31.1 Å². The zero-order valence-electron chi connectivity index (χ0n) is 20.8. The number of H-pyrrole nitrogens is 1. The molecule has 0 radical (unpaired) electrons. The van der Waals surface area contributed by atoms with E-state index in [2.05, 4.69) is 29.1 Å². The van der Waals surface area contributed by atoms with Crippen LogP contribution < -0.4 is 15.9 Å². The fourth-order valence-corrected chi connectivity index (χ4v) is 4.26. The molecule has 2 aromatic rings. The molecule has 0 saturated carbocycles. The number of aromatic amines is 1. The molecule has 0 spiro atoms. The molecule has 184 valence electrons. The molecule has 0 aliphatic carbocycles. The summed E-state index contributed by atoms with van der Waals surface area (Å²) >= 11 is 0. The first-order valence-corrected chi connectivity index (χ1v) is 12.2. The second-order valence-electron chi connectivity index (χ2n) is 9.79. The van der Waals surface area contributed by atoms with E-state index in [1.165, 1.54) is 0 Å². The minimum atomic E-state index is -0.501. The summed E-state index contributed by atoms with van der Waals surface area (Å²) in [5.41, 5.74) is 2.38. The minimum Gasteiger partial charge on any atom is -0.336 e. The predicted octanol–water partition coefficient (Wildman–Crippen LogP) is 2.98. The summed E-state index contributed by atoms with van der Waals surface area (Å²) in [5, 5.41) is 3.40. The van der Waals surface area contributed by atoms with E-state index in [-0.39, 0.29) is 23.4 Å². The lowest BCUT2D eigenvalue weighted by atomic mass is 10.1. The second kappa shape index (κ2) is 11.9. The third-order valence-electron chi connectivity index (χ3n) is 5.78. The number of hydrogen-bond donors (Lipinski definition) is 2. The minimum absolute atomic E-state index is 0.0918. The largest absolute Gasteiger partial charge is 0.345 e. The monoisotopic (exact) mass is 467 g/mol. The first-order valence-electron chi connectivity index (χ1n) is 12.2. The standard InChI is InChI=1S/C26H37N5O3/c1-18(2)14-21-16-22(29-26(34)28-21)25(33)30-11-7-12-31(24(32)15-19(3)4)23-9-6-5-8-20(23)17-27-10-13-30/h5-6,8-9,16,18-19,27H,7,10-15,17H2,1-4H3,(H,28,29,34). The molecule has 1 aromatic carbocycles. The highest BCUT2D eigenvalue weighted by molar-refractivity contribution is 5.94. The van der Waals surface area contributed by atoms with Crippen molar-refractivity contribution in [1.82, 2.24) is 20.2 Å². The lowest BCUT2D eigenvalue weighted by molar-refractivity contribution is -0.119. The third kappa shape index (κ3) is 7.00. The van der Waals surface area contributed by atoms with Gasteiger partial charge in [0.2, 0.25) is 5.91 Å². The van der Waals surface area contributed by atoms with Gasteiger partial charge >= 0.3 is 5.69 Å². The van der Waals surface area contributed by atoms with Crippen LogP contribution >= 0.6 is 0 Å². The average Bonchev–Trinajstić information content (AvgIpc) is 2.80. The molecule has 8 nitrogen and oxygen atoms in total. The van der Waals surface area contributed by atoms with Crippen LogP contribution in [0.4, 0.5) is 5.69 Å². The number of aromatic nitrogens is 2. The van der Waals surface area contributed by atoms with E-state index in [1.807, 2.05) is 43.0 Å². The molecule has 0 saturated heterocycles. The number of rotatable bonds is 5. The van der Waals surface area contributed by atoms with Crippen LogP contribution in [0.15, 0.2) is 35.1 Å². The second-order valence-corrected chi connectivity index (χ2v) is 9.79. The van der Waals surface area contributed by atoms with E-state index >= 15 is 0 Å². The van der Waals surface area contributed by atoms with Crippen molar-refractivity contribution in [1.29, 1.82) is 0 Å². The highest BCUT2D eigenvalue weighted by Gasteiger charge is 2.23. The number of nitrogens with zero attached hydrogens (tertiary/aromatic N) is 3. The van der Waals surface area contributed by atoms with E-state index in [0.717, 1.165) is 16.9 Å². The first-order chi connectivity index (χ1) is 16.2. The fraction of sp³-hybridized carbons (Fsp3) is 0.538. The first kappa shape index (κ1) is 25.6. The Morgan fingerprint density at radius 1 is 1.06 bits per heavy atom. The highest BCUT2D eigenvalue weighted by atomic mass is 16.2. The lowest BCUT2D eigenvalue weighted by Crippen LogP contribution is -2.40. The Hall–Kier alpha value is -3.00. The summed E-state index contributed by atoms with van der Waals surface area (Å²) in [4.78, 5) is 48.8. The van der Waals surface area contributed by atoms with Crippen LogP contribution in [0.1, 0.15) is 62.3 Å². The SMILES string of the molecule is CC(C)CC(=O)N1CCCN(C(=O)c2cc(CC(C)C)[nH]c(=O)n2)CCNCc2ccccc21. The highest BCUT2D eigenvalue weighted by Crippen LogP contribution is 2.23. The van der Waals surface area contributed by atoms with Crippen molar-refractivity contribution in [2.45, 2.75) is 53.5 Å². The summed E-state index contributed by atoms with van der Waals surface area (Å²) < 4.78 is 0. The van der Waals surface area contributed by atoms with Crippen molar-refractivity contribution >= 4 is 17.5 Å². The lowest BCUT2D eigenvalue weighted by Gasteiger charge is -2.27. The van der Waals surface area contributed by atoms with Gasteiger partial charge in [0.1, 0.15) is 5.69 Å². The number of amides is 2. The molecule has 2 N–H and O–H groups in total. The van der Waals surface area contributed by atoms with E-state index in [9.17, 15) is 14.4 Å². The Balaban J connectivity index is 1.82. The molecule has 0 unspecified atom stereocenters. The van der Waals surface area contributed by atoms with Crippen LogP contribution in [-0.4, -0.2) is 52.9 Å². The zero-order valence-corrected chi connectivity index (χ0v) is 20.8.